The highest BCUT2D eigenvalue weighted by Gasteiger charge is 1.97. The van der Waals surface area contributed by atoms with E-state index in [1.54, 1.807) is 6.07 Å². The third kappa shape index (κ3) is 2.76. The summed E-state index contributed by atoms with van der Waals surface area (Å²) in [6, 6.07) is 1.55. The highest BCUT2D eigenvalue weighted by molar-refractivity contribution is 6.30. The first-order valence-electron chi connectivity index (χ1n) is 3.48. The Hall–Kier alpha value is -1.55. The number of amides is 1. The normalized spacial score (nSPS) is 10.5. The summed E-state index contributed by atoms with van der Waals surface area (Å²) < 4.78 is 0. The minimum absolute atomic E-state index is 0.407. The van der Waals surface area contributed by atoms with Crippen LogP contribution in [0.15, 0.2) is 18.3 Å². The Labute approximate surface area is 80.2 Å². The van der Waals surface area contributed by atoms with Crippen molar-refractivity contribution in [1.29, 1.82) is 0 Å². The van der Waals surface area contributed by atoms with Crippen LogP contribution in [0.1, 0.15) is 5.69 Å². The second kappa shape index (κ2) is 3.91. The molecule has 1 heterocycles. The zero-order valence-corrected chi connectivity index (χ0v) is 7.45. The molecule has 0 saturated heterocycles. The Morgan fingerprint density at radius 1 is 1.62 bits per heavy atom. The van der Waals surface area contributed by atoms with Crippen LogP contribution in [0.2, 0.25) is 5.02 Å². The van der Waals surface area contributed by atoms with Crippen molar-refractivity contribution in [2.45, 2.75) is 0 Å². The van der Waals surface area contributed by atoms with Gasteiger partial charge < -0.3 is 11.5 Å². The lowest BCUT2D eigenvalue weighted by atomic mass is 10.3. The molecule has 0 fully saturated rings. The molecule has 1 rings (SSSR count). The number of hydrogen-bond donors (Lipinski definition) is 2. The predicted octanol–water partition coefficient (Wildman–Crippen LogP) is 0.816. The molecule has 5 heteroatoms. The SMILES string of the molecule is NC(=O)C=Cc1ncc(Cl)cc1N. The minimum Gasteiger partial charge on any atom is -0.397 e. The van der Waals surface area contributed by atoms with Gasteiger partial charge in [0.2, 0.25) is 5.91 Å². The molecule has 0 saturated carbocycles. The first-order valence-corrected chi connectivity index (χ1v) is 3.86. The number of primary amides is 1. The van der Waals surface area contributed by atoms with Crippen LogP contribution in [-0.4, -0.2) is 10.9 Å². The van der Waals surface area contributed by atoms with E-state index in [9.17, 15) is 4.79 Å². The van der Waals surface area contributed by atoms with Crippen LogP contribution in [0.3, 0.4) is 0 Å². The molecule has 0 spiro atoms. The number of carbonyl (C=O) groups excluding carboxylic acids is 1. The van der Waals surface area contributed by atoms with Crippen LogP contribution in [0.4, 0.5) is 5.69 Å². The van der Waals surface area contributed by atoms with E-state index in [4.69, 9.17) is 23.1 Å². The molecule has 1 amide bonds. The van der Waals surface area contributed by atoms with E-state index in [1.165, 1.54) is 18.3 Å². The van der Waals surface area contributed by atoms with E-state index in [2.05, 4.69) is 4.98 Å². The smallest absolute Gasteiger partial charge is 0.241 e. The predicted molar refractivity (Wildman–Crippen MR) is 51.9 cm³/mol. The maximum absolute atomic E-state index is 10.4. The zero-order chi connectivity index (χ0) is 9.84. The van der Waals surface area contributed by atoms with E-state index >= 15 is 0 Å². The summed E-state index contributed by atoms with van der Waals surface area (Å²) in [6.45, 7) is 0. The molecule has 1 aromatic heterocycles. The quantitative estimate of drug-likeness (QED) is 0.689. The molecule has 1 aromatic rings. The molecule has 0 unspecified atom stereocenters. The number of rotatable bonds is 2. The van der Waals surface area contributed by atoms with Crippen molar-refractivity contribution in [3.05, 3.63) is 29.1 Å². The van der Waals surface area contributed by atoms with Crippen molar-refractivity contribution in [2.75, 3.05) is 5.73 Å². The second-order valence-corrected chi connectivity index (χ2v) is 2.80. The van der Waals surface area contributed by atoms with Crippen molar-refractivity contribution in [1.82, 2.24) is 4.98 Å². The molecular formula is C8H8ClN3O. The standard InChI is InChI=1S/C8H8ClN3O/c9-5-3-6(10)7(12-4-5)1-2-8(11)13/h1-4H,10H2,(H2,11,13). The molecule has 4 nitrogen and oxygen atoms in total. The number of carbonyl (C=O) groups is 1. The van der Waals surface area contributed by atoms with Crippen LogP contribution in [0.25, 0.3) is 6.08 Å². The van der Waals surface area contributed by atoms with Crippen LogP contribution < -0.4 is 11.5 Å². The Bertz CT molecular complexity index is 362. The van der Waals surface area contributed by atoms with E-state index in [-0.39, 0.29) is 0 Å². The van der Waals surface area contributed by atoms with Gasteiger partial charge in [-0.3, -0.25) is 9.78 Å². The van der Waals surface area contributed by atoms with E-state index in [1.807, 2.05) is 0 Å². The number of nitrogens with two attached hydrogens (primary N) is 2. The molecule has 68 valence electrons. The van der Waals surface area contributed by atoms with Crippen molar-refractivity contribution in [3.63, 3.8) is 0 Å². The topological polar surface area (TPSA) is 82.0 Å². The number of anilines is 1. The lowest BCUT2D eigenvalue weighted by Gasteiger charge is -1.98. The van der Waals surface area contributed by atoms with Crippen molar-refractivity contribution in [2.24, 2.45) is 5.73 Å². The van der Waals surface area contributed by atoms with Crippen molar-refractivity contribution in [3.8, 4) is 0 Å². The Kier molecular flexibility index (Phi) is 2.87. The van der Waals surface area contributed by atoms with E-state index in [0.717, 1.165) is 0 Å². The van der Waals surface area contributed by atoms with Gasteiger partial charge >= 0.3 is 0 Å². The molecular weight excluding hydrogens is 190 g/mol. The van der Waals surface area contributed by atoms with Gasteiger partial charge in [0, 0.05) is 12.3 Å². The minimum atomic E-state index is -0.545. The maximum atomic E-state index is 10.4. The molecule has 0 aliphatic rings. The first kappa shape index (κ1) is 9.54. The number of nitrogens with zero attached hydrogens (tertiary/aromatic N) is 1. The number of nitrogen functional groups attached to an aromatic ring is 1. The molecule has 0 aliphatic carbocycles. The van der Waals surface area contributed by atoms with Gasteiger partial charge in [-0.2, -0.15) is 0 Å². The zero-order valence-electron chi connectivity index (χ0n) is 6.70. The Balaban J connectivity index is 2.96. The Morgan fingerprint density at radius 3 is 2.85 bits per heavy atom. The van der Waals surface area contributed by atoms with Gasteiger partial charge in [-0.05, 0) is 12.1 Å². The number of pyridine rings is 1. The summed E-state index contributed by atoms with van der Waals surface area (Å²) in [7, 11) is 0. The highest BCUT2D eigenvalue weighted by Crippen LogP contribution is 2.15. The maximum Gasteiger partial charge on any atom is 0.241 e. The highest BCUT2D eigenvalue weighted by atomic mass is 35.5. The van der Waals surface area contributed by atoms with Crippen molar-refractivity contribution < 1.29 is 4.79 Å². The van der Waals surface area contributed by atoms with Crippen LogP contribution >= 0.6 is 11.6 Å². The fourth-order valence-electron chi connectivity index (χ4n) is 0.766. The van der Waals surface area contributed by atoms with Gasteiger partial charge in [0.15, 0.2) is 0 Å². The summed E-state index contributed by atoms with van der Waals surface area (Å²) in [5.41, 5.74) is 11.3. The Morgan fingerprint density at radius 2 is 2.31 bits per heavy atom. The third-order valence-electron chi connectivity index (χ3n) is 1.32. The average molecular weight is 198 g/mol. The third-order valence-corrected chi connectivity index (χ3v) is 1.53. The summed E-state index contributed by atoms with van der Waals surface area (Å²) >= 11 is 5.62. The fraction of sp³-hybridized carbons (Fsp3) is 0. The average Bonchev–Trinajstić information content (AvgIpc) is 2.02. The molecule has 4 N–H and O–H groups in total. The first-order chi connectivity index (χ1) is 6.09. The summed E-state index contributed by atoms with van der Waals surface area (Å²) in [5, 5.41) is 0.453. The molecule has 0 radical (unpaired) electrons. The fourth-order valence-corrected chi connectivity index (χ4v) is 0.932. The lowest BCUT2D eigenvalue weighted by molar-refractivity contribution is -0.113. The van der Waals surface area contributed by atoms with Gasteiger partial charge in [0.1, 0.15) is 0 Å². The number of hydrogen-bond acceptors (Lipinski definition) is 3. The van der Waals surface area contributed by atoms with Gasteiger partial charge in [0.25, 0.3) is 0 Å². The van der Waals surface area contributed by atoms with Gasteiger partial charge in [0.05, 0.1) is 16.4 Å². The molecule has 0 atom stereocenters. The molecule has 0 aromatic carbocycles. The van der Waals surface area contributed by atoms with Crippen molar-refractivity contribution >= 4 is 29.3 Å². The van der Waals surface area contributed by atoms with Crippen LogP contribution in [-0.2, 0) is 4.79 Å². The van der Waals surface area contributed by atoms with Crippen LogP contribution in [0.5, 0.6) is 0 Å². The van der Waals surface area contributed by atoms with Gasteiger partial charge in [-0.25, -0.2) is 0 Å². The van der Waals surface area contributed by atoms with E-state index < -0.39 is 5.91 Å². The summed E-state index contributed by atoms with van der Waals surface area (Å²) in [5.74, 6) is -0.545. The second-order valence-electron chi connectivity index (χ2n) is 2.36. The number of halogens is 1. The van der Waals surface area contributed by atoms with Gasteiger partial charge in [-0.15, -0.1) is 0 Å². The van der Waals surface area contributed by atoms with E-state index in [0.29, 0.717) is 16.4 Å². The largest absolute Gasteiger partial charge is 0.397 e. The van der Waals surface area contributed by atoms with Gasteiger partial charge in [-0.1, -0.05) is 11.6 Å². The molecule has 13 heavy (non-hydrogen) atoms. The number of aromatic nitrogens is 1. The lowest BCUT2D eigenvalue weighted by Crippen LogP contribution is -2.05. The summed E-state index contributed by atoms with van der Waals surface area (Å²) in [6.07, 6.45) is 4.07. The molecule has 0 aliphatic heterocycles. The monoisotopic (exact) mass is 197 g/mol. The summed E-state index contributed by atoms with van der Waals surface area (Å²) in [4.78, 5) is 14.3. The molecule has 0 bridgehead atoms. The van der Waals surface area contributed by atoms with Crippen LogP contribution in [0, 0.1) is 0 Å².